The molecule has 0 spiro atoms. The molecule has 0 fully saturated rings. The van der Waals surface area contributed by atoms with Gasteiger partial charge in [0, 0.05) is 18.6 Å². The maximum atomic E-state index is 11.2. The van der Waals surface area contributed by atoms with Crippen molar-refractivity contribution in [1.82, 2.24) is 4.98 Å². The van der Waals surface area contributed by atoms with Crippen molar-refractivity contribution < 1.29 is 14.1 Å². The lowest BCUT2D eigenvalue weighted by molar-refractivity contribution is -0.382. The van der Waals surface area contributed by atoms with Crippen LogP contribution in [0.3, 0.4) is 0 Å². The Balaban J connectivity index is 2.28. The predicted octanol–water partition coefficient (Wildman–Crippen LogP) is 3.59. The highest BCUT2D eigenvalue weighted by Crippen LogP contribution is 2.35. The molecule has 3 rings (SSSR count). The minimum atomic E-state index is -0.404. The maximum absolute atomic E-state index is 11.2. The monoisotopic (exact) mass is 290 g/mol. The molecule has 0 aliphatic carbocycles. The number of fused-ring (bicyclic) bond motifs is 3. The zero-order valence-electron chi connectivity index (χ0n) is 10.5. The van der Waals surface area contributed by atoms with Gasteiger partial charge in [-0.05, 0) is 17.8 Å². The number of nitro benzene ring substituents is 1. The quantitative estimate of drug-likeness (QED) is 0.316. The van der Waals surface area contributed by atoms with Gasteiger partial charge in [0.25, 0.3) is 10.9 Å². The number of benzene rings is 2. The van der Waals surface area contributed by atoms with E-state index in [4.69, 9.17) is 9.15 Å². The molecule has 0 saturated carbocycles. The van der Waals surface area contributed by atoms with Crippen molar-refractivity contribution in [3.05, 3.63) is 40.4 Å². The molecule has 0 radical (unpaired) electrons. The Labute approximate surface area is 117 Å². The highest BCUT2D eigenvalue weighted by atomic mass is 32.2. The molecule has 20 heavy (non-hydrogen) atoms. The van der Waals surface area contributed by atoms with Gasteiger partial charge in [0.05, 0.1) is 10.3 Å². The van der Waals surface area contributed by atoms with Gasteiger partial charge in [0.1, 0.15) is 11.5 Å². The summed E-state index contributed by atoms with van der Waals surface area (Å²) in [6.07, 6.45) is 0. The first-order valence-electron chi connectivity index (χ1n) is 5.79. The molecule has 7 heteroatoms. The number of rotatable bonds is 4. The average Bonchev–Trinajstić information content (AvgIpc) is 2.87. The highest BCUT2D eigenvalue weighted by Gasteiger charge is 2.18. The van der Waals surface area contributed by atoms with Crippen LogP contribution >= 0.6 is 11.8 Å². The van der Waals surface area contributed by atoms with Crippen LogP contribution in [0.25, 0.3) is 21.9 Å². The van der Waals surface area contributed by atoms with E-state index in [2.05, 4.69) is 4.98 Å². The summed E-state index contributed by atoms with van der Waals surface area (Å²) in [4.78, 5) is 15.0. The van der Waals surface area contributed by atoms with Crippen LogP contribution in [0.15, 0.2) is 40.0 Å². The molecule has 0 aliphatic heterocycles. The molecule has 102 valence electrons. The van der Waals surface area contributed by atoms with Crippen molar-refractivity contribution >= 4 is 39.3 Å². The third-order valence-electron chi connectivity index (χ3n) is 2.85. The maximum Gasteiger partial charge on any atom is 0.279 e. The van der Waals surface area contributed by atoms with Gasteiger partial charge in [0.15, 0.2) is 5.58 Å². The fourth-order valence-corrected chi connectivity index (χ4v) is 2.56. The summed E-state index contributed by atoms with van der Waals surface area (Å²) in [7, 11) is 1.58. The van der Waals surface area contributed by atoms with E-state index >= 15 is 0 Å². The Hall–Kier alpha value is -2.12. The number of ether oxygens (including phenoxy) is 1. The van der Waals surface area contributed by atoms with Crippen molar-refractivity contribution in [2.24, 2.45) is 0 Å². The number of thioether (sulfide) groups is 1. The summed E-state index contributed by atoms with van der Waals surface area (Å²) in [6.45, 7) is 0. The third-order valence-corrected chi connectivity index (χ3v) is 3.63. The van der Waals surface area contributed by atoms with Crippen LogP contribution in [0.2, 0.25) is 0 Å². The van der Waals surface area contributed by atoms with Crippen molar-refractivity contribution in [2.75, 3.05) is 13.0 Å². The van der Waals surface area contributed by atoms with Gasteiger partial charge in [0.2, 0.25) is 0 Å². The molecule has 0 bridgehead atoms. The average molecular weight is 290 g/mol. The zero-order chi connectivity index (χ0) is 14.1. The molecular formula is C13H10N2O4S. The van der Waals surface area contributed by atoms with Crippen LogP contribution in [-0.2, 0) is 4.74 Å². The molecule has 0 N–H and O–H groups in total. The van der Waals surface area contributed by atoms with Crippen LogP contribution in [0.5, 0.6) is 0 Å². The van der Waals surface area contributed by atoms with E-state index < -0.39 is 4.92 Å². The summed E-state index contributed by atoms with van der Waals surface area (Å²) >= 11 is 1.30. The number of nitro groups is 1. The standard InChI is InChI=1S/C13H10N2O4S/c1-18-7-20-13-14-10-6-11(15(16)17)8-4-2-3-5-9(8)12(10)19-13/h2-6H,7H2,1H3. The summed E-state index contributed by atoms with van der Waals surface area (Å²) in [5.74, 6) is 0.410. The van der Waals surface area contributed by atoms with Gasteiger partial charge < -0.3 is 9.15 Å². The van der Waals surface area contributed by atoms with Crippen molar-refractivity contribution in [3.8, 4) is 0 Å². The number of nitrogens with zero attached hydrogens (tertiary/aromatic N) is 2. The second kappa shape index (κ2) is 5.10. The van der Waals surface area contributed by atoms with Crippen LogP contribution in [0.1, 0.15) is 0 Å². The van der Waals surface area contributed by atoms with E-state index in [0.717, 1.165) is 0 Å². The lowest BCUT2D eigenvalue weighted by Crippen LogP contribution is -1.89. The van der Waals surface area contributed by atoms with Crippen LogP contribution in [0, 0.1) is 10.1 Å². The summed E-state index contributed by atoms with van der Waals surface area (Å²) in [6, 6.07) is 8.52. The first-order valence-corrected chi connectivity index (χ1v) is 6.77. The van der Waals surface area contributed by atoms with Crippen LogP contribution < -0.4 is 0 Å². The Bertz CT molecular complexity index is 800. The Morgan fingerprint density at radius 1 is 1.40 bits per heavy atom. The molecule has 0 atom stereocenters. The first kappa shape index (κ1) is 12.9. The van der Waals surface area contributed by atoms with Gasteiger partial charge >= 0.3 is 0 Å². The van der Waals surface area contributed by atoms with Gasteiger partial charge in [-0.25, -0.2) is 4.98 Å². The van der Waals surface area contributed by atoms with Gasteiger partial charge in [-0.15, -0.1) is 0 Å². The summed E-state index contributed by atoms with van der Waals surface area (Å²) in [5, 5.41) is 12.8. The van der Waals surface area contributed by atoms with Crippen molar-refractivity contribution in [1.29, 1.82) is 0 Å². The van der Waals surface area contributed by atoms with E-state index in [1.54, 1.807) is 25.3 Å². The van der Waals surface area contributed by atoms with Crippen molar-refractivity contribution in [3.63, 3.8) is 0 Å². The second-order valence-electron chi connectivity index (χ2n) is 4.08. The SMILES string of the molecule is COCSc1nc2cc([N+](=O)[O-])c3ccccc3c2o1. The van der Waals surface area contributed by atoms with Gasteiger partial charge in [-0.1, -0.05) is 18.2 Å². The van der Waals surface area contributed by atoms with E-state index in [1.165, 1.54) is 17.8 Å². The van der Waals surface area contributed by atoms with Gasteiger partial charge in [-0.2, -0.15) is 0 Å². The van der Waals surface area contributed by atoms with E-state index in [0.29, 0.717) is 33.0 Å². The van der Waals surface area contributed by atoms with Crippen LogP contribution in [0.4, 0.5) is 5.69 Å². The molecule has 1 heterocycles. The normalized spacial score (nSPS) is 11.2. The fourth-order valence-electron chi connectivity index (χ4n) is 2.04. The van der Waals surface area contributed by atoms with E-state index in [-0.39, 0.29) is 5.69 Å². The molecule has 0 amide bonds. The Morgan fingerprint density at radius 3 is 2.85 bits per heavy atom. The van der Waals surface area contributed by atoms with E-state index in [9.17, 15) is 10.1 Å². The molecule has 6 nitrogen and oxygen atoms in total. The summed E-state index contributed by atoms with van der Waals surface area (Å²) in [5.41, 5.74) is 1.07. The molecule has 0 unspecified atom stereocenters. The molecule has 1 aromatic heterocycles. The van der Waals surface area contributed by atoms with Gasteiger partial charge in [-0.3, -0.25) is 10.1 Å². The zero-order valence-corrected chi connectivity index (χ0v) is 11.3. The Kier molecular flexibility index (Phi) is 3.29. The number of aromatic nitrogens is 1. The topological polar surface area (TPSA) is 78.4 Å². The molecule has 2 aromatic carbocycles. The molecule has 0 saturated heterocycles. The highest BCUT2D eigenvalue weighted by molar-refractivity contribution is 7.98. The molecule has 0 aliphatic rings. The van der Waals surface area contributed by atoms with Crippen LogP contribution in [-0.4, -0.2) is 23.0 Å². The predicted molar refractivity (Wildman–Crippen MR) is 75.9 cm³/mol. The Morgan fingerprint density at radius 2 is 2.15 bits per heavy atom. The van der Waals surface area contributed by atoms with Crippen molar-refractivity contribution in [2.45, 2.75) is 5.22 Å². The minimum Gasteiger partial charge on any atom is -0.431 e. The van der Waals surface area contributed by atoms with E-state index in [1.807, 2.05) is 6.07 Å². The third kappa shape index (κ3) is 2.10. The second-order valence-corrected chi connectivity index (χ2v) is 4.95. The molecule has 3 aromatic rings. The first-order chi connectivity index (χ1) is 9.70. The number of methoxy groups -OCH3 is 1. The summed E-state index contributed by atoms with van der Waals surface area (Å²) < 4.78 is 10.6. The number of oxazole rings is 1. The number of hydrogen-bond donors (Lipinski definition) is 0. The minimum absolute atomic E-state index is 0.0321. The molecular weight excluding hydrogens is 280 g/mol. The smallest absolute Gasteiger partial charge is 0.279 e. The number of hydrogen-bond acceptors (Lipinski definition) is 6. The lowest BCUT2D eigenvalue weighted by Gasteiger charge is -1.99. The fraction of sp³-hybridized carbons (Fsp3) is 0.154. The largest absolute Gasteiger partial charge is 0.431 e. The lowest BCUT2D eigenvalue weighted by atomic mass is 10.1. The number of non-ortho nitro benzene ring substituents is 1.